The van der Waals surface area contributed by atoms with Gasteiger partial charge in [-0.05, 0) is 12.8 Å². The van der Waals surface area contributed by atoms with Crippen LogP contribution in [0.2, 0.25) is 0 Å². The third-order valence-corrected chi connectivity index (χ3v) is 2.08. The largest absolute Gasteiger partial charge is 0.394 e. The summed E-state index contributed by atoms with van der Waals surface area (Å²) in [4.78, 5) is 11.3. The molecule has 0 saturated heterocycles. The van der Waals surface area contributed by atoms with Crippen molar-refractivity contribution in [2.75, 3.05) is 6.61 Å². The highest BCUT2D eigenvalue weighted by molar-refractivity contribution is 5.78. The fraction of sp³-hybridized carbons (Fsp3) is 0.889. The third-order valence-electron chi connectivity index (χ3n) is 2.08. The molecular formula is C9H19NO2. The highest BCUT2D eigenvalue weighted by Crippen LogP contribution is 2.09. The smallest absolute Gasteiger partial charge is 0.223 e. The predicted octanol–water partition coefficient (Wildman–Crippen LogP) is 0.775. The van der Waals surface area contributed by atoms with Crippen LogP contribution in [0.1, 0.15) is 27.7 Å². The molecule has 0 rings (SSSR count). The number of aliphatic hydroxyl groups excluding tert-OH is 1. The van der Waals surface area contributed by atoms with Gasteiger partial charge in [0.2, 0.25) is 5.91 Å². The molecule has 0 heterocycles. The number of carbonyl (C=O) groups excluding carboxylic acids is 1. The summed E-state index contributed by atoms with van der Waals surface area (Å²) in [6, 6.07) is -0.140. The van der Waals surface area contributed by atoms with E-state index < -0.39 is 0 Å². The molecule has 3 heteroatoms. The van der Waals surface area contributed by atoms with Crippen LogP contribution in [-0.4, -0.2) is 23.7 Å². The van der Waals surface area contributed by atoms with E-state index in [1.165, 1.54) is 0 Å². The van der Waals surface area contributed by atoms with Crippen LogP contribution in [0, 0.1) is 11.8 Å². The maximum absolute atomic E-state index is 11.3. The molecule has 2 atom stereocenters. The first-order chi connectivity index (χ1) is 5.49. The van der Waals surface area contributed by atoms with Crippen molar-refractivity contribution in [3.8, 4) is 0 Å². The Kier molecular flexibility index (Phi) is 4.90. The lowest BCUT2D eigenvalue weighted by Gasteiger charge is -2.18. The van der Waals surface area contributed by atoms with Gasteiger partial charge in [-0.3, -0.25) is 4.79 Å². The minimum Gasteiger partial charge on any atom is -0.394 e. The molecule has 0 fully saturated rings. The number of amides is 1. The van der Waals surface area contributed by atoms with Gasteiger partial charge in [0.25, 0.3) is 0 Å². The number of hydrogen-bond acceptors (Lipinski definition) is 2. The summed E-state index contributed by atoms with van der Waals surface area (Å²) in [5, 5.41) is 11.4. The van der Waals surface area contributed by atoms with Crippen LogP contribution in [0.5, 0.6) is 0 Å². The lowest BCUT2D eigenvalue weighted by molar-refractivity contribution is -0.126. The molecule has 0 aliphatic carbocycles. The fourth-order valence-corrected chi connectivity index (χ4v) is 0.723. The number of hydrogen-bond donors (Lipinski definition) is 2. The molecule has 0 spiro atoms. The molecule has 12 heavy (non-hydrogen) atoms. The van der Waals surface area contributed by atoms with Gasteiger partial charge >= 0.3 is 0 Å². The number of rotatable bonds is 4. The Hall–Kier alpha value is -0.570. The van der Waals surface area contributed by atoms with E-state index in [1.807, 2.05) is 20.8 Å². The Labute approximate surface area is 74.2 Å². The first-order valence-corrected chi connectivity index (χ1v) is 4.40. The summed E-state index contributed by atoms with van der Waals surface area (Å²) in [7, 11) is 0. The highest BCUT2D eigenvalue weighted by atomic mass is 16.3. The molecule has 0 unspecified atom stereocenters. The van der Waals surface area contributed by atoms with Gasteiger partial charge < -0.3 is 10.4 Å². The molecule has 2 N–H and O–H groups in total. The van der Waals surface area contributed by atoms with Gasteiger partial charge in [-0.25, -0.2) is 0 Å². The first-order valence-electron chi connectivity index (χ1n) is 4.40. The Balaban J connectivity index is 3.87. The zero-order chi connectivity index (χ0) is 9.72. The number of aliphatic hydroxyl groups is 1. The van der Waals surface area contributed by atoms with E-state index in [2.05, 4.69) is 5.32 Å². The Bertz CT molecular complexity index is 145. The quantitative estimate of drug-likeness (QED) is 0.660. The minimum atomic E-state index is -0.140. The zero-order valence-electron chi connectivity index (χ0n) is 8.29. The first kappa shape index (κ1) is 11.4. The second-order valence-corrected chi connectivity index (χ2v) is 3.62. The molecule has 0 aliphatic rings. The minimum absolute atomic E-state index is 0.00342. The van der Waals surface area contributed by atoms with Gasteiger partial charge in [-0.1, -0.05) is 20.8 Å². The number of nitrogens with one attached hydrogen (secondary N) is 1. The summed E-state index contributed by atoms with van der Waals surface area (Å²) < 4.78 is 0. The van der Waals surface area contributed by atoms with Crippen molar-refractivity contribution in [2.24, 2.45) is 11.8 Å². The molecule has 72 valence electrons. The van der Waals surface area contributed by atoms with Crippen molar-refractivity contribution in [1.29, 1.82) is 0 Å². The second kappa shape index (κ2) is 5.14. The molecule has 0 bridgehead atoms. The zero-order valence-corrected chi connectivity index (χ0v) is 8.29. The second-order valence-electron chi connectivity index (χ2n) is 3.62. The van der Waals surface area contributed by atoms with Gasteiger partial charge in [-0.15, -0.1) is 0 Å². The van der Waals surface area contributed by atoms with Crippen LogP contribution in [0.4, 0.5) is 0 Å². The summed E-state index contributed by atoms with van der Waals surface area (Å²) in [5.74, 6) is 0.376. The van der Waals surface area contributed by atoms with Crippen LogP contribution >= 0.6 is 0 Å². The monoisotopic (exact) mass is 173 g/mol. The molecular weight excluding hydrogens is 154 g/mol. The van der Waals surface area contributed by atoms with Crippen LogP contribution in [0.15, 0.2) is 0 Å². The lowest BCUT2D eigenvalue weighted by atomic mass is 9.97. The average molecular weight is 173 g/mol. The van der Waals surface area contributed by atoms with Crippen molar-refractivity contribution in [3.05, 3.63) is 0 Å². The summed E-state index contributed by atoms with van der Waals surface area (Å²) in [6.07, 6.45) is 0. The Morgan fingerprint density at radius 2 is 1.83 bits per heavy atom. The topological polar surface area (TPSA) is 49.3 Å². The van der Waals surface area contributed by atoms with Crippen molar-refractivity contribution in [3.63, 3.8) is 0 Å². The maximum atomic E-state index is 11.3. The van der Waals surface area contributed by atoms with Crippen molar-refractivity contribution in [1.82, 2.24) is 5.32 Å². The van der Waals surface area contributed by atoms with Gasteiger partial charge in [0, 0.05) is 12.0 Å². The summed E-state index contributed by atoms with van der Waals surface area (Å²) in [6.45, 7) is 7.69. The summed E-state index contributed by atoms with van der Waals surface area (Å²) >= 11 is 0. The molecule has 1 amide bonds. The molecule has 0 aliphatic heterocycles. The van der Waals surface area contributed by atoms with Crippen molar-refractivity contribution in [2.45, 2.75) is 33.7 Å². The van der Waals surface area contributed by atoms with E-state index in [-0.39, 0.29) is 24.5 Å². The van der Waals surface area contributed by atoms with Gasteiger partial charge in [-0.2, -0.15) is 0 Å². The van der Waals surface area contributed by atoms with E-state index >= 15 is 0 Å². The maximum Gasteiger partial charge on any atom is 0.223 e. The Morgan fingerprint density at radius 3 is 2.17 bits per heavy atom. The molecule has 0 aromatic heterocycles. The van der Waals surface area contributed by atoms with Crippen LogP contribution < -0.4 is 5.32 Å². The van der Waals surface area contributed by atoms with E-state index in [0.717, 1.165) is 0 Å². The van der Waals surface area contributed by atoms with Gasteiger partial charge in [0.05, 0.1) is 6.61 Å². The van der Waals surface area contributed by atoms with Gasteiger partial charge in [0.1, 0.15) is 0 Å². The standard InChI is InChI=1S/C9H19NO2/c1-6(2)8(4)9(12)10-7(3)5-11/h6-8,11H,5H2,1-4H3,(H,10,12)/t7-,8+/m1/s1. The van der Waals surface area contributed by atoms with Crippen LogP contribution in [0.3, 0.4) is 0 Å². The predicted molar refractivity (Wildman–Crippen MR) is 48.7 cm³/mol. The molecule has 0 aromatic rings. The molecule has 0 radical (unpaired) electrons. The average Bonchev–Trinajstić information content (AvgIpc) is 2.02. The van der Waals surface area contributed by atoms with E-state index in [9.17, 15) is 4.79 Å². The lowest BCUT2D eigenvalue weighted by Crippen LogP contribution is -2.39. The molecule has 0 saturated carbocycles. The summed E-state index contributed by atoms with van der Waals surface area (Å²) in [5.41, 5.74) is 0. The van der Waals surface area contributed by atoms with Crippen molar-refractivity contribution >= 4 is 5.91 Å². The van der Waals surface area contributed by atoms with E-state index in [1.54, 1.807) is 6.92 Å². The molecule has 0 aromatic carbocycles. The van der Waals surface area contributed by atoms with Crippen LogP contribution in [0.25, 0.3) is 0 Å². The normalized spacial score (nSPS) is 15.8. The third kappa shape index (κ3) is 3.72. The highest BCUT2D eigenvalue weighted by Gasteiger charge is 2.17. The number of carbonyl (C=O) groups is 1. The van der Waals surface area contributed by atoms with Crippen LogP contribution in [-0.2, 0) is 4.79 Å². The SMILES string of the molecule is CC(C)[C@H](C)C(=O)N[C@H](C)CO. The van der Waals surface area contributed by atoms with Gasteiger partial charge in [0.15, 0.2) is 0 Å². The van der Waals surface area contributed by atoms with Crippen molar-refractivity contribution < 1.29 is 9.90 Å². The Morgan fingerprint density at radius 1 is 1.33 bits per heavy atom. The fourth-order valence-electron chi connectivity index (χ4n) is 0.723. The van der Waals surface area contributed by atoms with E-state index in [0.29, 0.717) is 5.92 Å². The molecule has 3 nitrogen and oxygen atoms in total. The van der Waals surface area contributed by atoms with E-state index in [4.69, 9.17) is 5.11 Å².